The van der Waals surface area contributed by atoms with E-state index in [0.717, 1.165) is 11.4 Å². The van der Waals surface area contributed by atoms with Gasteiger partial charge in [-0.05, 0) is 39.8 Å². The van der Waals surface area contributed by atoms with Gasteiger partial charge in [-0.25, -0.2) is 4.79 Å². The molecular formula is C17H25N3O3. The molecule has 1 aromatic carbocycles. The first kappa shape index (κ1) is 17.1. The summed E-state index contributed by atoms with van der Waals surface area (Å²) >= 11 is 0. The Morgan fingerprint density at radius 2 is 2.13 bits per heavy atom. The van der Waals surface area contributed by atoms with Crippen molar-refractivity contribution in [2.75, 3.05) is 24.6 Å². The molecule has 1 atom stereocenters. The maximum Gasteiger partial charge on any atom is 0.318 e. The van der Waals surface area contributed by atoms with Crippen LogP contribution in [0.4, 0.5) is 10.5 Å². The van der Waals surface area contributed by atoms with Crippen molar-refractivity contribution in [2.45, 2.75) is 39.8 Å². The minimum atomic E-state index is -0.488. The van der Waals surface area contributed by atoms with Gasteiger partial charge in [0.1, 0.15) is 11.8 Å². The maximum absolute atomic E-state index is 12.7. The number of piperazine rings is 1. The fourth-order valence-electron chi connectivity index (χ4n) is 2.64. The van der Waals surface area contributed by atoms with Crippen molar-refractivity contribution in [2.24, 2.45) is 0 Å². The fraction of sp³-hybridized carbons (Fsp3) is 0.529. The highest BCUT2D eigenvalue weighted by Crippen LogP contribution is 2.24. The van der Waals surface area contributed by atoms with Gasteiger partial charge in [0.2, 0.25) is 5.91 Å². The highest BCUT2D eigenvalue weighted by molar-refractivity contribution is 6.00. The van der Waals surface area contributed by atoms with Crippen LogP contribution in [0.5, 0.6) is 5.75 Å². The molecule has 0 aromatic heterocycles. The first-order valence-electron chi connectivity index (χ1n) is 8.05. The van der Waals surface area contributed by atoms with E-state index >= 15 is 0 Å². The number of amides is 3. The summed E-state index contributed by atoms with van der Waals surface area (Å²) in [6, 6.07) is 6.85. The molecule has 1 fully saturated rings. The third-order valence-electron chi connectivity index (χ3n) is 3.77. The third-order valence-corrected chi connectivity index (χ3v) is 3.77. The van der Waals surface area contributed by atoms with E-state index in [1.54, 1.807) is 16.7 Å². The van der Waals surface area contributed by atoms with Crippen LogP contribution in [-0.4, -0.2) is 48.6 Å². The number of carbonyl (C=O) groups excluding carboxylic acids is 2. The van der Waals surface area contributed by atoms with Crippen molar-refractivity contribution < 1.29 is 14.3 Å². The minimum absolute atomic E-state index is 0.0469. The van der Waals surface area contributed by atoms with E-state index in [1.807, 2.05) is 45.0 Å². The molecule has 0 bridgehead atoms. The Morgan fingerprint density at radius 3 is 2.78 bits per heavy atom. The van der Waals surface area contributed by atoms with Gasteiger partial charge in [-0.15, -0.1) is 0 Å². The minimum Gasteiger partial charge on any atom is -0.494 e. The molecule has 6 heteroatoms. The first-order valence-corrected chi connectivity index (χ1v) is 8.05. The Kier molecular flexibility index (Phi) is 5.47. The lowest BCUT2D eigenvalue weighted by atomic mass is 10.1. The van der Waals surface area contributed by atoms with E-state index in [1.165, 1.54) is 0 Å². The molecule has 0 aliphatic carbocycles. The summed E-state index contributed by atoms with van der Waals surface area (Å²) in [5.74, 6) is 0.661. The molecule has 126 valence electrons. The maximum atomic E-state index is 12.7. The quantitative estimate of drug-likeness (QED) is 0.926. The number of hydrogen-bond acceptors (Lipinski definition) is 3. The number of nitrogens with one attached hydrogen (secondary N) is 1. The second-order valence-electron chi connectivity index (χ2n) is 5.89. The molecule has 1 unspecified atom stereocenters. The van der Waals surface area contributed by atoms with Gasteiger partial charge in [0.05, 0.1) is 6.61 Å². The normalized spacial score (nSPS) is 18.3. The zero-order chi connectivity index (χ0) is 17.0. The van der Waals surface area contributed by atoms with Crippen molar-refractivity contribution in [1.82, 2.24) is 10.2 Å². The van der Waals surface area contributed by atoms with Gasteiger partial charge < -0.3 is 19.9 Å². The Morgan fingerprint density at radius 1 is 1.39 bits per heavy atom. The summed E-state index contributed by atoms with van der Waals surface area (Å²) in [6.45, 7) is 9.05. The topological polar surface area (TPSA) is 61.9 Å². The lowest BCUT2D eigenvalue weighted by molar-refractivity contribution is -0.124. The number of urea groups is 1. The molecule has 1 aromatic rings. The van der Waals surface area contributed by atoms with Crippen LogP contribution >= 0.6 is 0 Å². The van der Waals surface area contributed by atoms with Crippen LogP contribution in [0.15, 0.2) is 24.3 Å². The Hall–Kier alpha value is -2.24. The molecule has 6 nitrogen and oxygen atoms in total. The number of ether oxygens (including phenoxy) is 1. The summed E-state index contributed by atoms with van der Waals surface area (Å²) < 4.78 is 5.49. The molecule has 1 saturated heterocycles. The van der Waals surface area contributed by atoms with Gasteiger partial charge in [0.25, 0.3) is 0 Å². The smallest absolute Gasteiger partial charge is 0.318 e. The highest BCUT2D eigenvalue weighted by Gasteiger charge is 2.35. The monoisotopic (exact) mass is 319 g/mol. The molecule has 0 spiro atoms. The number of benzene rings is 1. The Bertz CT molecular complexity index is 574. The highest BCUT2D eigenvalue weighted by atomic mass is 16.5. The van der Waals surface area contributed by atoms with Gasteiger partial charge in [0.15, 0.2) is 0 Å². The van der Waals surface area contributed by atoms with E-state index in [4.69, 9.17) is 4.74 Å². The van der Waals surface area contributed by atoms with Crippen molar-refractivity contribution in [1.29, 1.82) is 0 Å². The van der Waals surface area contributed by atoms with Gasteiger partial charge in [-0.2, -0.15) is 0 Å². The first-order chi connectivity index (χ1) is 10.9. The SMILES string of the molecule is CCOc1cccc(N2CCN(C(=O)NC(C)C)C(C)C2=O)c1. The summed E-state index contributed by atoms with van der Waals surface area (Å²) in [6.07, 6.45) is 0. The molecule has 1 N–H and O–H groups in total. The molecule has 3 amide bonds. The molecular weight excluding hydrogens is 294 g/mol. The molecule has 23 heavy (non-hydrogen) atoms. The number of carbonyl (C=O) groups is 2. The summed E-state index contributed by atoms with van der Waals surface area (Å²) in [5.41, 5.74) is 0.803. The standard InChI is InChI=1S/C17H25N3O3/c1-5-23-15-8-6-7-14(11-15)20-10-9-19(13(4)16(20)21)17(22)18-12(2)3/h6-8,11-13H,5,9-10H2,1-4H3,(H,18,22). The number of anilines is 1. The molecule has 0 saturated carbocycles. The van der Waals surface area contributed by atoms with Crippen molar-refractivity contribution in [3.05, 3.63) is 24.3 Å². The van der Waals surface area contributed by atoms with E-state index in [2.05, 4.69) is 5.32 Å². The summed E-state index contributed by atoms with van der Waals surface area (Å²) in [7, 11) is 0. The molecule has 0 radical (unpaired) electrons. The van der Waals surface area contributed by atoms with Crippen molar-refractivity contribution >= 4 is 17.6 Å². The van der Waals surface area contributed by atoms with Gasteiger partial charge in [-0.3, -0.25) is 4.79 Å². The number of hydrogen-bond donors (Lipinski definition) is 1. The zero-order valence-corrected chi connectivity index (χ0v) is 14.2. The lowest BCUT2D eigenvalue weighted by Gasteiger charge is -2.39. The van der Waals surface area contributed by atoms with Gasteiger partial charge in [-0.1, -0.05) is 6.07 Å². The van der Waals surface area contributed by atoms with Crippen molar-refractivity contribution in [3.63, 3.8) is 0 Å². The average molecular weight is 319 g/mol. The van der Waals surface area contributed by atoms with Crippen LogP contribution in [0.2, 0.25) is 0 Å². The van der Waals surface area contributed by atoms with E-state index in [9.17, 15) is 9.59 Å². The van der Waals surface area contributed by atoms with Crippen LogP contribution in [-0.2, 0) is 4.79 Å². The van der Waals surface area contributed by atoms with Gasteiger partial charge >= 0.3 is 6.03 Å². The van der Waals surface area contributed by atoms with E-state index in [0.29, 0.717) is 19.7 Å². The average Bonchev–Trinajstić information content (AvgIpc) is 2.49. The molecule has 1 aliphatic heterocycles. The number of rotatable bonds is 4. The van der Waals surface area contributed by atoms with E-state index in [-0.39, 0.29) is 18.0 Å². The van der Waals surface area contributed by atoms with Crippen LogP contribution < -0.4 is 15.0 Å². The second kappa shape index (κ2) is 7.35. The van der Waals surface area contributed by atoms with Crippen molar-refractivity contribution in [3.8, 4) is 5.75 Å². The van der Waals surface area contributed by atoms with Crippen LogP contribution in [0, 0.1) is 0 Å². The molecule has 1 heterocycles. The Labute approximate surface area is 137 Å². The second-order valence-corrected chi connectivity index (χ2v) is 5.89. The predicted molar refractivity (Wildman–Crippen MR) is 89.8 cm³/mol. The van der Waals surface area contributed by atoms with E-state index < -0.39 is 6.04 Å². The summed E-state index contributed by atoms with van der Waals surface area (Å²) in [4.78, 5) is 28.1. The van der Waals surface area contributed by atoms with Crippen LogP contribution in [0.3, 0.4) is 0 Å². The number of nitrogens with zero attached hydrogens (tertiary/aromatic N) is 2. The molecule has 1 aliphatic rings. The van der Waals surface area contributed by atoms with Gasteiger partial charge in [0, 0.05) is 30.9 Å². The van der Waals surface area contributed by atoms with Crippen LogP contribution in [0.1, 0.15) is 27.7 Å². The Balaban J connectivity index is 2.12. The summed E-state index contributed by atoms with van der Waals surface area (Å²) in [5, 5.41) is 2.84. The third kappa shape index (κ3) is 3.94. The molecule has 2 rings (SSSR count). The zero-order valence-electron chi connectivity index (χ0n) is 14.2. The predicted octanol–water partition coefficient (Wildman–Crippen LogP) is 2.24. The fourth-order valence-corrected chi connectivity index (χ4v) is 2.64. The van der Waals surface area contributed by atoms with Crippen LogP contribution in [0.25, 0.3) is 0 Å². The lowest BCUT2D eigenvalue weighted by Crippen LogP contribution is -2.60. The largest absolute Gasteiger partial charge is 0.494 e.